The molecule has 0 aliphatic rings. The van der Waals surface area contributed by atoms with Crippen molar-refractivity contribution in [3.05, 3.63) is 30.3 Å². The van der Waals surface area contributed by atoms with Crippen LogP contribution in [0.4, 0.5) is 0 Å². The van der Waals surface area contributed by atoms with E-state index in [9.17, 15) is 0 Å². The average molecular weight is 186 g/mol. The molecule has 1 aromatic rings. The van der Waals surface area contributed by atoms with Gasteiger partial charge in [-0.25, -0.2) is 0 Å². The minimum Gasteiger partial charge on any atom is -0.480 e. The summed E-state index contributed by atoms with van der Waals surface area (Å²) in [4.78, 5) is 18.1. The van der Waals surface area contributed by atoms with Gasteiger partial charge in [-0.2, -0.15) is 0 Å². The third kappa shape index (κ3) is 2.63. The fourth-order valence-corrected chi connectivity index (χ4v) is 1.21. The summed E-state index contributed by atoms with van der Waals surface area (Å²) in [5.41, 5.74) is 0. The third-order valence-corrected chi connectivity index (χ3v) is 2.29. The number of hydrogen-bond acceptors (Lipinski definition) is 4. The molecular weight excluding hydrogens is 176 g/mol. The second-order valence-corrected chi connectivity index (χ2v) is 3.88. The molecule has 0 radical (unpaired) electrons. The Hall–Kier alpha value is -0.883. The van der Waals surface area contributed by atoms with Gasteiger partial charge in [-0.1, -0.05) is 18.2 Å². The summed E-state index contributed by atoms with van der Waals surface area (Å²) < 4.78 is 9.15. The summed E-state index contributed by atoms with van der Waals surface area (Å²) >= 11 is 0. The Morgan fingerprint density at radius 2 is 1.75 bits per heavy atom. The Morgan fingerprint density at radius 3 is 2.25 bits per heavy atom. The van der Waals surface area contributed by atoms with Crippen LogP contribution in [0.15, 0.2) is 30.3 Å². The third-order valence-electron chi connectivity index (χ3n) is 1.26. The first-order valence-corrected chi connectivity index (χ1v) is 5.09. The Morgan fingerprint density at radius 1 is 1.17 bits per heavy atom. The smallest absolute Gasteiger partial charge is 0.480 e. The van der Waals surface area contributed by atoms with E-state index in [1.807, 2.05) is 0 Å². The Balaban J connectivity index is 2.64. The molecule has 0 saturated heterocycles. The first kappa shape index (κ1) is 9.21. The van der Waals surface area contributed by atoms with E-state index in [0.29, 0.717) is 5.75 Å². The highest BCUT2D eigenvalue weighted by Gasteiger charge is 2.37. The second-order valence-electron chi connectivity index (χ2n) is 2.17. The van der Waals surface area contributed by atoms with Crippen LogP contribution in [0.2, 0.25) is 0 Å². The van der Waals surface area contributed by atoms with E-state index in [2.05, 4.69) is 4.43 Å². The van der Waals surface area contributed by atoms with Crippen molar-refractivity contribution in [2.45, 2.75) is 0 Å². The lowest BCUT2D eigenvalue weighted by Gasteiger charge is -2.14. The summed E-state index contributed by atoms with van der Waals surface area (Å²) in [6, 6.07) is 8.50. The van der Waals surface area contributed by atoms with Crippen molar-refractivity contribution in [1.82, 2.24) is 0 Å². The zero-order valence-corrected chi connectivity index (χ0v) is 7.60. The summed E-state index contributed by atoms with van der Waals surface area (Å²) in [7, 11) is -2.73. The van der Waals surface area contributed by atoms with Crippen molar-refractivity contribution in [3.8, 4) is 5.75 Å². The molecule has 1 rings (SSSR count). The number of hydrogen-bond donors (Lipinski definition) is 2. The van der Waals surface area contributed by atoms with Gasteiger partial charge in [-0.05, 0) is 12.1 Å². The Labute approximate surface area is 71.5 Å². The molecule has 0 saturated carbocycles. The highest BCUT2D eigenvalue weighted by Crippen LogP contribution is 2.11. The topological polar surface area (TPSA) is 58.9 Å². The minimum absolute atomic E-state index is 0.385. The molecule has 0 heterocycles. The van der Waals surface area contributed by atoms with Crippen LogP contribution in [0.3, 0.4) is 0 Å². The van der Waals surface area contributed by atoms with Gasteiger partial charge in [0.15, 0.2) is 0 Å². The van der Waals surface area contributed by atoms with Crippen LogP contribution in [0.25, 0.3) is 0 Å². The molecule has 0 spiro atoms. The van der Waals surface area contributed by atoms with Gasteiger partial charge in [-0.15, -0.1) is 0 Å². The Kier molecular flexibility index (Phi) is 2.82. The molecule has 0 atom stereocenters. The van der Waals surface area contributed by atoms with E-state index in [4.69, 9.17) is 14.0 Å². The predicted octanol–water partition coefficient (Wildman–Crippen LogP) is 0.132. The predicted molar refractivity (Wildman–Crippen MR) is 44.3 cm³/mol. The molecule has 5 heteroatoms. The average Bonchev–Trinajstić information content (AvgIpc) is 2.06. The fraction of sp³-hybridized carbons (Fsp3) is 0.143. The van der Waals surface area contributed by atoms with E-state index in [1.54, 1.807) is 30.3 Å². The normalized spacial score (nSPS) is 11.2. The molecule has 12 heavy (non-hydrogen) atoms. The maximum atomic E-state index is 9.03. The molecule has 0 aromatic heterocycles. The van der Waals surface area contributed by atoms with Gasteiger partial charge >= 0.3 is 9.05 Å². The van der Waals surface area contributed by atoms with Gasteiger partial charge in [0.1, 0.15) is 5.75 Å². The van der Waals surface area contributed by atoms with E-state index in [1.165, 1.54) is 7.11 Å². The highest BCUT2D eigenvalue weighted by atomic mass is 28.4. The molecule has 66 valence electrons. The molecule has 4 nitrogen and oxygen atoms in total. The van der Waals surface area contributed by atoms with Gasteiger partial charge in [0.25, 0.3) is 0 Å². The largest absolute Gasteiger partial charge is 0.743 e. The van der Waals surface area contributed by atoms with Crippen LogP contribution >= 0.6 is 0 Å². The van der Waals surface area contributed by atoms with Crippen molar-refractivity contribution < 1.29 is 18.4 Å². The van der Waals surface area contributed by atoms with E-state index in [0.717, 1.165) is 0 Å². The van der Waals surface area contributed by atoms with Crippen LogP contribution in [0, 0.1) is 0 Å². The fourth-order valence-electron chi connectivity index (χ4n) is 0.684. The minimum atomic E-state index is -3.92. The SMILES string of the molecule is CO[Si](O)(O)Oc1ccccc1. The summed E-state index contributed by atoms with van der Waals surface area (Å²) in [6.07, 6.45) is 0. The van der Waals surface area contributed by atoms with Gasteiger partial charge in [0, 0.05) is 7.11 Å². The lowest BCUT2D eigenvalue weighted by molar-refractivity contribution is 0.0983. The number of para-hydroxylation sites is 1. The number of benzene rings is 1. The lowest BCUT2D eigenvalue weighted by atomic mass is 10.3. The second kappa shape index (κ2) is 3.68. The molecule has 0 bridgehead atoms. The van der Waals surface area contributed by atoms with Gasteiger partial charge in [0.05, 0.1) is 0 Å². The molecular formula is C7H10O4Si. The van der Waals surface area contributed by atoms with Crippen LogP contribution in [-0.4, -0.2) is 25.7 Å². The van der Waals surface area contributed by atoms with Gasteiger partial charge < -0.3 is 18.4 Å². The molecule has 0 unspecified atom stereocenters. The van der Waals surface area contributed by atoms with Crippen LogP contribution in [-0.2, 0) is 4.43 Å². The van der Waals surface area contributed by atoms with Crippen LogP contribution in [0.1, 0.15) is 0 Å². The summed E-state index contributed by atoms with van der Waals surface area (Å²) in [5, 5.41) is 0. The standard InChI is InChI=1S/C7H10O4Si/c1-10-12(8,9)11-7-5-3-2-4-6-7/h2-6,8-9H,1H3. The van der Waals surface area contributed by atoms with Gasteiger partial charge in [-0.3, -0.25) is 0 Å². The summed E-state index contributed by atoms with van der Waals surface area (Å²) in [6.45, 7) is 0. The van der Waals surface area contributed by atoms with E-state index < -0.39 is 9.05 Å². The molecule has 0 amide bonds. The van der Waals surface area contributed by atoms with Crippen molar-refractivity contribution >= 4 is 9.05 Å². The zero-order chi connectivity index (χ0) is 9.03. The highest BCUT2D eigenvalue weighted by molar-refractivity contribution is 6.51. The van der Waals surface area contributed by atoms with Crippen LogP contribution in [0.5, 0.6) is 5.75 Å². The van der Waals surface area contributed by atoms with E-state index in [-0.39, 0.29) is 0 Å². The first-order valence-electron chi connectivity index (χ1n) is 3.38. The van der Waals surface area contributed by atoms with Crippen LogP contribution < -0.4 is 4.43 Å². The molecule has 0 aliphatic carbocycles. The van der Waals surface area contributed by atoms with Crippen molar-refractivity contribution in [2.75, 3.05) is 7.11 Å². The van der Waals surface area contributed by atoms with Gasteiger partial charge in [0.2, 0.25) is 0 Å². The quantitative estimate of drug-likeness (QED) is 0.659. The first-order chi connectivity index (χ1) is 5.64. The van der Waals surface area contributed by atoms with E-state index >= 15 is 0 Å². The van der Waals surface area contributed by atoms with Crippen molar-refractivity contribution in [3.63, 3.8) is 0 Å². The molecule has 1 aromatic carbocycles. The lowest BCUT2D eigenvalue weighted by Crippen LogP contribution is -2.44. The zero-order valence-electron chi connectivity index (χ0n) is 6.60. The van der Waals surface area contributed by atoms with Crippen molar-refractivity contribution in [1.29, 1.82) is 0 Å². The molecule has 0 aliphatic heterocycles. The van der Waals surface area contributed by atoms with Crippen molar-refractivity contribution in [2.24, 2.45) is 0 Å². The summed E-state index contributed by atoms with van der Waals surface area (Å²) in [5.74, 6) is 0.385. The maximum absolute atomic E-state index is 9.03. The monoisotopic (exact) mass is 186 g/mol. The molecule has 2 N–H and O–H groups in total. The number of rotatable bonds is 3. The molecule has 0 fully saturated rings. The Bertz CT molecular complexity index is 236. The maximum Gasteiger partial charge on any atom is 0.743 e.